The lowest BCUT2D eigenvalue weighted by Crippen LogP contribution is -2.14. The van der Waals surface area contributed by atoms with Gasteiger partial charge in [-0.25, -0.2) is 0 Å². The normalized spacial score (nSPS) is 12.1. The van der Waals surface area contributed by atoms with Crippen LogP contribution in [0.25, 0.3) is 0 Å². The van der Waals surface area contributed by atoms with Crippen molar-refractivity contribution in [3.05, 3.63) is 143 Å². The first-order valence-corrected chi connectivity index (χ1v) is 11.7. The lowest BCUT2D eigenvalue weighted by Gasteiger charge is -2.13. The maximum absolute atomic E-state index is 12.4. The highest BCUT2D eigenvalue weighted by Crippen LogP contribution is 2.21. The first kappa shape index (κ1) is 25.8. The summed E-state index contributed by atoms with van der Waals surface area (Å²) in [7, 11) is 0. The Labute approximate surface area is 206 Å². The van der Waals surface area contributed by atoms with Crippen molar-refractivity contribution < 1.29 is 19.8 Å². The minimum Gasteiger partial charge on any atom is -0.380 e. The number of Topliss-reactive ketones (excluding diaryl/α,β-unsaturated/α-hetero) is 2. The van der Waals surface area contributed by atoms with E-state index in [0.29, 0.717) is 22.3 Å². The molecule has 0 aromatic heterocycles. The van der Waals surface area contributed by atoms with Crippen molar-refractivity contribution in [3.63, 3.8) is 0 Å². The Bertz CT molecular complexity index is 1200. The Hall–Kier alpha value is -3.86. The van der Waals surface area contributed by atoms with E-state index in [0.717, 1.165) is 18.4 Å². The van der Waals surface area contributed by atoms with Crippen LogP contribution in [0.1, 0.15) is 63.0 Å². The molecule has 35 heavy (non-hydrogen) atoms. The standard InChI is InChI=1S/C17H18O2.C14H12O2/c1-2-8-13-9-6-7-12-15(13)17(19)16(18)14-10-4-3-5-11-14;15-13(11-7-3-1-4-8-11)14(16)12-9-5-2-6-10-12/h3-7,9-12,16,18H,2,8H2,1H3;1-10,13,15H. The maximum Gasteiger partial charge on any atom is 0.196 e. The second-order valence-corrected chi connectivity index (χ2v) is 8.13. The van der Waals surface area contributed by atoms with Crippen LogP contribution in [0.5, 0.6) is 0 Å². The zero-order chi connectivity index (χ0) is 25.0. The monoisotopic (exact) mass is 466 g/mol. The van der Waals surface area contributed by atoms with Gasteiger partial charge in [-0.3, -0.25) is 9.59 Å². The predicted octanol–water partition coefficient (Wildman–Crippen LogP) is 6.16. The van der Waals surface area contributed by atoms with E-state index in [4.69, 9.17) is 0 Å². The molecule has 4 heteroatoms. The lowest BCUT2D eigenvalue weighted by molar-refractivity contribution is 0.0743. The predicted molar refractivity (Wildman–Crippen MR) is 138 cm³/mol. The molecule has 0 saturated heterocycles. The van der Waals surface area contributed by atoms with Crippen LogP contribution in [0, 0.1) is 0 Å². The van der Waals surface area contributed by atoms with Gasteiger partial charge < -0.3 is 10.2 Å². The molecule has 0 aliphatic heterocycles. The van der Waals surface area contributed by atoms with Gasteiger partial charge >= 0.3 is 0 Å². The summed E-state index contributed by atoms with van der Waals surface area (Å²) >= 11 is 0. The minimum atomic E-state index is -1.08. The SMILES string of the molecule is CCCc1ccccc1C(=O)C(O)c1ccccc1.O=C(c1ccccc1)C(O)c1ccccc1. The van der Waals surface area contributed by atoms with Gasteiger partial charge in [0.25, 0.3) is 0 Å². The number of aliphatic hydroxyl groups is 2. The molecule has 0 spiro atoms. The van der Waals surface area contributed by atoms with Crippen molar-refractivity contribution in [2.75, 3.05) is 0 Å². The molecular weight excluding hydrogens is 436 g/mol. The van der Waals surface area contributed by atoms with Crippen LogP contribution >= 0.6 is 0 Å². The largest absolute Gasteiger partial charge is 0.380 e. The first-order chi connectivity index (χ1) is 17.0. The van der Waals surface area contributed by atoms with Crippen molar-refractivity contribution >= 4 is 11.6 Å². The fourth-order valence-corrected chi connectivity index (χ4v) is 3.73. The molecule has 4 nitrogen and oxygen atoms in total. The van der Waals surface area contributed by atoms with E-state index < -0.39 is 12.2 Å². The summed E-state index contributed by atoms with van der Waals surface area (Å²) in [5, 5.41) is 20.1. The van der Waals surface area contributed by atoms with E-state index in [2.05, 4.69) is 6.92 Å². The van der Waals surface area contributed by atoms with Crippen molar-refractivity contribution in [2.24, 2.45) is 0 Å². The Balaban J connectivity index is 0.000000198. The molecule has 2 atom stereocenters. The average molecular weight is 467 g/mol. The third kappa shape index (κ3) is 7.06. The molecule has 178 valence electrons. The Morgan fingerprint density at radius 2 is 1.03 bits per heavy atom. The van der Waals surface area contributed by atoms with Gasteiger partial charge in [-0.15, -0.1) is 0 Å². The number of ketones is 2. The van der Waals surface area contributed by atoms with E-state index >= 15 is 0 Å². The fraction of sp³-hybridized carbons (Fsp3) is 0.161. The summed E-state index contributed by atoms with van der Waals surface area (Å²) in [4.78, 5) is 24.3. The summed E-state index contributed by atoms with van der Waals surface area (Å²) in [6, 6.07) is 34.3. The molecule has 0 aliphatic rings. The zero-order valence-electron chi connectivity index (χ0n) is 19.7. The second-order valence-electron chi connectivity index (χ2n) is 8.13. The van der Waals surface area contributed by atoms with Crippen LogP contribution in [-0.4, -0.2) is 21.8 Å². The summed E-state index contributed by atoms with van der Waals surface area (Å²) in [5.74, 6) is -0.498. The summed E-state index contributed by atoms with van der Waals surface area (Å²) < 4.78 is 0. The van der Waals surface area contributed by atoms with Gasteiger partial charge in [0, 0.05) is 11.1 Å². The van der Waals surface area contributed by atoms with Crippen LogP contribution in [0.2, 0.25) is 0 Å². The van der Waals surface area contributed by atoms with Crippen LogP contribution in [-0.2, 0) is 6.42 Å². The smallest absolute Gasteiger partial charge is 0.196 e. The molecule has 0 fully saturated rings. The fourth-order valence-electron chi connectivity index (χ4n) is 3.73. The molecule has 0 bridgehead atoms. The molecule has 0 heterocycles. The van der Waals surface area contributed by atoms with Crippen LogP contribution in [0.4, 0.5) is 0 Å². The minimum absolute atomic E-state index is 0.227. The van der Waals surface area contributed by atoms with Crippen molar-refractivity contribution in [1.29, 1.82) is 0 Å². The van der Waals surface area contributed by atoms with Crippen LogP contribution in [0.15, 0.2) is 115 Å². The molecule has 0 saturated carbocycles. The van der Waals surface area contributed by atoms with Gasteiger partial charge in [0.15, 0.2) is 11.6 Å². The van der Waals surface area contributed by atoms with Crippen molar-refractivity contribution in [3.8, 4) is 0 Å². The number of carbonyl (C=O) groups excluding carboxylic acids is 2. The quantitative estimate of drug-likeness (QED) is 0.305. The van der Waals surface area contributed by atoms with Gasteiger partial charge in [0.2, 0.25) is 0 Å². The third-order valence-corrected chi connectivity index (χ3v) is 5.59. The topological polar surface area (TPSA) is 74.6 Å². The van der Waals surface area contributed by atoms with Crippen molar-refractivity contribution in [2.45, 2.75) is 32.0 Å². The van der Waals surface area contributed by atoms with E-state index in [1.54, 1.807) is 66.7 Å². The van der Waals surface area contributed by atoms with Gasteiger partial charge in [-0.1, -0.05) is 129 Å². The number of hydrogen-bond acceptors (Lipinski definition) is 4. The van der Waals surface area contributed by atoms with Crippen LogP contribution in [0.3, 0.4) is 0 Å². The zero-order valence-corrected chi connectivity index (χ0v) is 19.7. The van der Waals surface area contributed by atoms with E-state index in [-0.39, 0.29) is 11.6 Å². The average Bonchev–Trinajstić information content (AvgIpc) is 2.94. The Kier molecular flexibility index (Phi) is 9.67. The molecule has 0 radical (unpaired) electrons. The molecule has 4 rings (SSSR count). The van der Waals surface area contributed by atoms with Crippen LogP contribution < -0.4 is 0 Å². The highest BCUT2D eigenvalue weighted by molar-refractivity contribution is 6.01. The highest BCUT2D eigenvalue weighted by Gasteiger charge is 2.21. The van der Waals surface area contributed by atoms with Crippen molar-refractivity contribution in [1.82, 2.24) is 0 Å². The molecule has 0 aliphatic carbocycles. The third-order valence-electron chi connectivity index (χ3n) is 5.59. The number of hydrogen-bond donors (Lipinski definition) is 2. The number of benzene rings is 4. The molecule has 2 N–H and O–H groups in total. The second kappa shape index (κ2) is 13.1. The molecular formula is C31H30O4. The molecule has 0 amide bonds. The number of aliphatic hydroxyl groups excluding tert-OH is 2. The van der Waals surface area contributed by atoms with E-state index in [1.807, 2.05) is 48.5 Å². The Morgan fingerprint density at radius 3 is 1.54 bits per heavy atom. The summed E-state index contributed by atoms with van der Waals surface area (Å²) in [6.45, 7) is 2.08. The number of rotatable bonds is 8. The number of carbonyl (C=O) groups is 2. The summed E-state index contributed by atoms with van der Waals surface area (Å²) in [6.07, 6.45) is -0.336. The van der Waals surface area contributed by atoms with E-state index in [1.165, 1.54) is 0 Å². The first-order valence-electron chi connectivity index (χ1n) is 11.7. The molecule has 2 unspecified atom stereocenters. The lowest BCUT2D eigenvalue weighted by atomic mass is 9.94. The molecule has 4 aromatic rings. The highest BCUT2D eigenvalue weighted by atomic mass is 16.3. The van der Waals surface area contributed by atoms with Gasteiger partial charge in [-0.2, -0.15) is 0 Å². The Morgan fingerprint density at radius 1 is 0.600 bits per heavy atom. The van der Waals surface area contributed by atoms with Gasteiger partial charge in [-0.05, 0) is 23.1 Å². The summed E-state index contributed by atoms with van der Waals surface area (Å²) in [5.41, 5.74) is 3.42. The van der Waals surface area contributed by atoms with E-state index in [9.17, 15) is 19.8 Å². The van der Waals surface area contributed by atoms with Gasteiger partial charge in [0.05, 0.1) is 0 Å². The molecule has 4 aromatic carbocycles. The number of aryl methyl sites for hydroxylation is 1. The van der Waals surface area contributed by atoms with Gasteiger partial charge in [0.1, 0.15) is 12.2 Å². The maximum atomic E-state index is 12.4.